The number of piperidine rings is 1. The molecule has 0 unspecified atom stereocenters. The number of carbonyl (C=O) groups excluding carboxylic acids is 1. The molecular weight excluding hydrogens is 394 g/mol. The van der Waals surface area contributed by atoms with E-state index < -0.39 is 0 Å². The standard InChI is InChI=1S/C23H33N5OS/c1-16-8-13-27(14-9-16)15-19-25-22(24-10-4-12-28-11-3-7-20(28)29)21-17-5-2-6-18(17)30-23(21)26-19/h16H,2-15H2,1H3,(H,24,25,26). The molecule has 0 aromatic carbocycles. The maximum Gasteiger partial charge on any atom is 0.222 e. The van der Waals surface area contributed by atoms with Crippen LogP contribution in [0.3, 0.4) is 0 Å². The van der Waals surface area contributed by atoms with E-state index in [0.29, 0.717) is 5.91 Å². The lowest BCUT2D eigenvalue weighted by Crippen LogP contribution is -2.33. The van der Waals surface area contributed by atoms with Crippen LogP contribution < -0.4 is 5.32 Å². The van der Waals surface area contributed by atoms with Crippen molar-refractivity contribution in [2.75, 3.05) is 38.0 Å². The van der Waals surface area contributed by atoms with Gasteiger partial charge in [0.2, 0.25) is 5.91 Å². The summed E-state index contributed by atoms with van der Waals surface area (Å²) in [6.45, 7) is 8.12. The molecule has 2 aromatic heterocycles. The van der Waals surface area contributed by atoms with Crippen LogP contribution in [-0.2, 0) is 24.2 Å². The molecule has 162 valence electrons. The highest BCUT2D eigenvalue weighted by atomic mass is 32.1. The van der Waals surface area contributed by atoms with Gasteiger partial charge in [0.25, 0.3) is 0 Å². The van der Waals surface area contributed by atoms with Crippen molar-refractivity contribution in [2.24, 2.45) is 5.92 Å². The summed E-state index contributed by atoms with van der Waals surface area (Å²) in [6.07, 6.45) is 8.83. The van der Waals surface area contributed by atoms with Crippen molar-refractivity contribution < 1.29 is 4.79 Å². The molecule has 0 atom stereocenters. The minimum atomic E-state index is 0.313. The number of fused-ring (bicyclic) bond motifs is 3. The lowest BCUT2D eigenvalue weighted by atomic mass is 9.99. The quantitative estimate of drug-likeness (QED) is 0.681. The molecule has 2 aromatic rings. The summed E-state index contributed by atoms with van der Waals surface area (Å²) < 4.78 is 0. The molecule has 5 rings (SSSR count). The number of nitrogens with zero attached hydrogens (tertiary/aromatic N) is 4. The molecule has 3 aliphatic rings. The van der Waals surface area contributed by atoms with Gasteiger partial charge in [-0.1, -0.05) is 6.92 Å². The number of amides is 1. The van der Waals surface area contributed by atoms with Gasteiger partial charge in [0, 0.05) is 30.9 Å². The van der Waals surface area contributed by atoms with Gasteiger partial charge in [0.1, 0.15) is 16.5 Å². The largest absolute Gasteiger partial charge is 0.369 e. The fourth-order valence-corrected chi connectivity index (χ4v) is 6.36. The van der Waals surface area contributed by atoms with E-state index in [0.717, 1.165) is 87.3 Å². The van der Waals surface area contributed by atoms with E-state index in [-0.39, 0.29) is 0 Å². The van der Waals surface area contributed by atoms with Crippen LogP contribution in [0.25, 0.3) is 10.2 Å². The summed E-state index contributed by atoms with van der Waals surface area (Å²) in [7, 11) is 0. The number of carbonyl (C=O) groups is 1. The summed E-state index contributed by atoms with van der Waals surface area (Å²) in [5.41, 5.74) is 1.48. The van der Waals surface area contributed by atoms with Crippen LogP contribution in [0.1, 0.15) is 61.7 Å². The SMILES string of the molecule is CC1CCN(Cc2nc(NCCCN3CCCC3=O)c3c4c(sc3n2)CCC4)CC1. The fraction of sp³-hybridized carbons (Fsp3) is 0.696. The summed E-state index contributed by atoms with van der Waals surface area (Å²) in [5.74, 6) is 3.12. The lowest BCUT2D eigenvalue weighted by molar-refractivity contribution is -0.127. The highest BCUT2D eigenvalue weighted by molar-refractivity contribution is 7.19. The second-order valence-electron chi connectivity index (χ2n) is 9.25. The number of aryl methyl sites for hydroxylation is 2. The Morgan fingerprint density at radius 1 is 1.10 bits per heavy atom. The smallest absolute Gasteiger partial charge is 0.222 e. The van der Waals surface area contributed by atoms with E-state index in [9.17, 15) is 4.79 Å². The van der Waals surface area contributed by atoms with Crippen LogP contribution in [0.4, 0.5) is 5.82 Å². The van der Waals surface area contributed by atoms with E-state index >= 15 is 0 Å². The molecule has 1 N–H and O–H groups in total. The Balaban J connectivity index is 1.31. The third kappa shape index (κ3) is 4.19. The first-order chi connectivity index (χ1) is 14.7. The van der Waals surface area contributed by atoms with Crippen LogP contribution in [0.2, 0.25) is 0 Å². The maximum atomic E-state index is 11.8. The number of aromatic nitrogens is 2. The fourth-order valence-electron chi connectivity index (χ4n) is 5.08. The Hall–Kier alpha value is -1.73. The summed E-state index contributed by atoms with van der Waals surface area (Å²) in [4.78, 5) is 29.0. The zero-order valence-corrected chi connectivity index (χ0v) is 18.9. The van der Waals surface area contributed by atoms with E-state index in [2.05, 4.69) is 17.1 Å². The first-order valence-corrected chi connectivity index (χ1v) is 12.5. The van der Waals surface area contributed by atoms with E-state index in [4.69, 9.17) is 9.97 Å². The van der Waals surface area contributed by atoms with E-state index in [1.807, 2.05) is 16.2 Å². The molecular formula is C23H33N5OS. The zero-order chi connectivity index (χ0) is 20.5. The number of hydrogen-bond acceptors (Lipinski definition) is 6. The van der Waals surface area contributed by atoms with Gasteiger partial charge in [0.05, 0.1) is 11.9 Å². The normalized spacial score (nSPS) is 20.4. The van der Waals surface area contributed by atoms with Gasteiger partial charge in [-0.05, 0) is 69.5 Å². The van der Waals surface area contributed by atoms with Gasteiger partial charge in [-0.15, -0.1) is 11.3 Å². The predicted octanol–water partition coefficient (Wildman–Crippen LogP) is 3.84. The second kappa shape index (κ2) is 8.79. The molecule has 2 aliphatic heterocycles. The Kier molecular flexibility index (Phi) is 5.92. The van der Waals surface area contributed by atoms with Gasteiger partial charge >= 0.3 is 0 Å². The highest BCUT2D eigenvalue weighted by Crippen LogP contribution is 2.39. The number of likely N-dealkylation sites (tertiary alicyclic amines) is 2. The summed E-state index contributed by atoms with van der Waals surface area (Å²) in [5, 5.41) is 4.89. The molecule has 30 heavy (non-hydrogen) atoms. The molecule has 0 saturated carbocycles. The molecule has 0 spiro atoms. The van der Waals surface area contributed by atoms with Crippen molar-refractivity contribution in [1.82, 2.24) is 19.8 Å². The van der Waals surface area contributed by atoms with E-state index in [1.54, 1.807) is 0 Å². The Labute approximate surface area is 183 Å². The highest BCUT2D eigenvalue weighted by Gasteiger charge is 2.24. The first-order valence-electron chi connectivity index (χ1n) is 11.7. The molecule has 0 radical (unpaired) electrons. The Morgan fingerprint density at radius 2 is 1.97 bits per heavy atom. The first kappa shape index (κ1) is 20.2. The molecule has 0 bridgehead atoms. The van der Waals surface area contributed by atoms with Crippen molar-refractivity contribution in [3.8, 4) is 0 Å². The van der Waals surface area contributed by atoms with Crippen LogP contribution in [0.15, 0.2) is 0 Å². The summed E-state index contributed by atoms with van der Waals surface area (Å²) in [6, 6.07) is 0. The molecule has 4 heterocycles. The average molecular weight is 428 g/mol. The Morgan fingerprint density at radius 3 is 2.77 bits per heavy atom. The van der Waals surface area contributed by atoms with Gasteiger partial charge in [-0.25, -0.2) is 9.97 Å². The monoisotopic (exact) mass is 427 g/mol. The molecule has 1 aliphatic carbocycles. The van der Waals surface area contributed by atoms with Gasteiger partial charge in [-0.2, -0.15) is 0 Å². The van der Waals surface area contributed by atoms with Crippen LogP contribution in [0.5, 0.6) is 0 Å². The van der Waals surface area contributed by atoms with E-state index in [1.165, 1.54) is 41.5 Å². The van der Waals surface area contributed by atoms with Crippen molar-refractivity contribution in [2.45, 2.75) is 64.8 Å². The lowest BCUT2D eigenvalue weighted by Gasteiger charge is -2.29. The molecule has 1 amide bonds. The van der Waals surface area contributed by atoms with Crippen molar-refractivity contribution in [3.63, 3.8) is 0 Å². The van der Waals surface area contributed by atoms with Crippen LogP contribution >= 0.6 is 11.3 Å². The topological polar surface area (TPSA) is 61.4 Å². The van der Waals surface area contributed by atoms with Crippen LogP contribution in [0, 0.1) is 5.92 Å². The number of rotatable bonds is 7. The van der Waals surface area contributed by atoms with Crippen molar-refractivity contribution in [1.29, 1.82) is 0 Å². The number of thiophene rings is 1. The average Bonchev–Trinajstić information content (AvgIpc) is 3.43. The number of nitrogens with one attached hydrogen (secondary N) is 1. The van der Waals surface area contributed by atoms with Gasteiger partial charge in [-0.3, -0.25) is 9.69 Å². The minimum absolute atomic E-state index is 0.313. The third-order valence-corrected chi connectivity index (χ3v) is 8.11. The maximum absolute atomic E-state index is 11.8. The van der Waals surface area contributed by atoms with Crippen LogP contribution in [-0.4, -0.2) is 58.4 Å². The minimum Gasteiger partial charge on any atom is -0.369 e. The van der Waals surface area contributed by atoms with Gasteiger partial charge in [0.15, 0.2) is 0 Å². The predicted molar refractivity (Wildman–Crippen MR) is 122 cm³/mol. The molecule has 6 nitrogen and oxygen atoms in total. The molecule has 7 heteroatoms. The Bertz CT molecular complexity index is 918. The molecule has 2 saturated heterocycles. The van der Waals surface area contributed by atoms with Crippen molar-refractivity contribution in [3.05, 3.63) is 16.3 Å². The molecule has 2 fully saturated rings. The van der Waals surface area contributed by atoms with Gasteiger partial charge < -0.3 is 10.2 Å². The second-order valence-corrected chi connectivity index (χ2v) is 10.3. The number of hydrogen-bond donors (Lipinski definition) is 1. The zero-order valence-electron chi connectivity index (χ0n) is 18.1. The summed E-state index contributed by atoms with van der Waals surface area (Å²) >= 11 is 1.87. The number of anilines is 1. The third-order valence-electron chi connectivity index (χ3n) is 6.92. The van der Waals surface area contributed by atoms with Crippen molar-refractivity contribution >= 4 is 33.3 Å².